The minimum absolute atomic E-state index is 0.0602. The largest absolute Gasteiger partial charge is 0.376 e. The highest BCUT2D eigenvalue weighted by Crippen LogP contribution is 2.19. The Morgan fingerprint density at radius 2 is 2.03 bits per heavy atom. The Labute approximate surface area is 201 Å². The molecule has 174 valence electrons. The summed E-state index contributed by atoms with van der Waals surface area (Å²) in [4.78, 5) is 18.1. The molecule has 5 nitrogen and oxygen atoms in total. The zero-order valence-electron chi connectivity index (χ0n) is 19.7. The first-order valence-electron chi connectivity index (χ1n) is 11.7. The Bertz CT molecular complexity index is 1200. The van der Waals surface area contributed by atoms with Gasteiger partial charge < -0.3 is 19.9 Å². The van der Waals surface area contributed by atoms with Crippen molar-refractivity contribution >= 4 is 28.2 Å². The lowest BCUT2D eigenvalue weighted by molar-refractivity contribution is 0.113. The fourth-order valence-corrected chi connectivity index (χ4v) is 4.78. The summed E-state index contributed by atoms with van der Waals surface area (Å²) >= 11 is 5.78. The van der Waals surface area contributed by atoms with Gasteiger partial charge in [-0.05, 0) is 81.1 Å². The maximum absolute atomic E-state index is 12.9. The molecule has 1 fully saturated rings. The highest BCUT2D eigenvalue weighted by molar-refractivity contribution is 7.80. The van der Waals surface area contributed by atoms with Crippen molar-refractivity contribution in [3.63, 3.8) is 0 Å². The molecule has 0 radical (unpaired) electrons. The molecule has 0 aliphatic carbocycles. The Morgan fingerprint density at radius 1 is 1.18 bits per heavy atom. The van der Waals surface area contributed by atoms with E-state index in [1.807, 2.05) is 19.1 Å². The van der Waals surface area contributed by atoms with Crippen LogP contribution in [0.5, 0.6) is 0 Å². The smallest absolute Gasteiger partial charge is 0.253 e. The molecular formula is C27H33N3O2S. The first-order chi connectivity index (χ1) is 15.9. The highest BCUT2D eigenvalue weighted by Gasteiger charge is 2.18. The molecule has 1 saturated heterocycles. The molecular weight excluding hydrogens is 430 g/mol. The van der Waals surface area contributed by atoms with Gasteiger partial charge in [-0.15, -0.1) is 0 Å². The molecule has 0 spiro atoms. The molecule has 4 rings (SSSR count). The van der Waals surface area contributed by atoms with Gasteiger partial charge in [-0.25, -0.2) is 0 Å². The summed E-state index contributed by atoms with van der Waals surface area (Å²) in [6, 6.07) is 14.7. The van der Waals surface area contributed by atoms with Crippen molar-refractivity contribution in [1.82, 2.24) is 15.2 Å². The fraction of sp³-hybridized carbons (Fsp3) is 0.407. The van der Waals surface area contributed by atoms with E-state index in [2.05, 4.69) is 59.4 Å². The third-order valence-electron chi connectivity index (χ3n) is 6.30. The van der Waals surface area contributed by atoms with E-state index >= 15 is 0 Å². The average molecular weight is 464 g/mol. The van der Waals surface area contributed by atoms with Crippen LogP contribution >= 0.6 is 12.2 Å². The molecule has 0 amide bonds. The monoisotopic (exact) mass is 463 g/mol. The average Bonchev–Trinajstić information content (AvgIpc) is 3.29. The van der Waals surface area contributed by atoms with E-state index in [9.17, 15) is 4.79 Å². The summed E-state index contributed by atoms with van der Waals surface area (Å²) in [6.07, 6.45) is 3.22. The molecule has 2 N–H and O–H groups in total. The molecule has 33 heavy (non-hydrogen) atoms. The van der Waals surface area contributed by atoms with Gasteiger partial charge in [-0.2, -0.15) is 0 Å². The van der Waals surface area contributed by atoms with E-state index in [4.69, 9.17) is 17.0 Å². The molecule has 1 aliphatic rings. The van der Waals surface area contributed by atoms with Crippen molar-refractivity contribution in [3.8, 4) is 0 Å². The van der Waals surface area contributed by atoms with Crippen molar-refractivity contribution < 1.29 is 4.74 Å². The van der Waals surface area contributed by atoms with Gasteiger partial charge in [0.15, 0.2) is 5.11 Å². The van der Waals surface area contributed by atoms with Crippen molar-refractivity contribution in [2.24, 2.45) is 0 Å². The van der Waals surface area contributed by atoms with Gasteiger partial charge in [-0.3, -0.25) is 4.79 Å². The SMILES string of the molecule is Cc1cccc(CCN(Cc2cc3c(C)cc(C)cc3[nH]c2=O)C(=S)NC[C@@H]2CCCO2)c1. The minimum Gasteiger partial charge on any atom is -0.376 e. The van der Waals surface area contributed by atoms with E-state index in [1.165, 1.54) is 11.1 Å². The van der Waals surface area contributed by atoms with Gasteiger partial charge in [0.1, 0.15) is 0 Å². The van der Waals surface area contributed by atoms with E-state index in [0.717, 1.165) is 60.0 Å². The number of H-pyrrole nitrogens is 1. The number of nitrogens with one attached hydrogen (secondary N) is 2. The zero-order valence-corrected chi connectivity index (χ0v) is 20.6. The number of aromatic amines is 1. The van der Waals surface area contributed by atoms with Crippen LogP contribution in [0.25, 0.3) is 10.9 Å². The molecule has 3 aromatic rings. The van der Waals surface area contributed by atoms with Crippen LogP contribution < -0.4 is 10.9 Å². The maximum Gasteiger partial charge on any atom is 0.253 e. The molecule has 1 atom stereocenters. The van der Waals surface area contributed by atoms with Gasteiger partial charge in [0.05, 0.1) is 12.6 Å². The first-order valence-corrected chi connectivity index (χ1v) is 12.1. The number of pyridine rings is 1. The van der Waals surface area contributed by atoms with Crippen LogP contribution in [-0.4, -0.2) is 40.8 Å². The topological polar surface area (TPSA) is 57.4 Å². The number of nitrogens with zero attached hydrogens (tertiary/aromatic N) is 1. The molecule has 1 aromatic heterocycles. The number of thiocarbonyl (C=S) groups is 1. The predicted molar refractivity (Wildman–Crippen MR) is 139 cm³/mol. The van der Waals surface area contributed by atoms with Crippen LogP contribution in [0.15, 0.2) is 47.3 Å². The number of benzene rings is 2. The van der Waals surface area contributed by atoms with Crippen LogP contribution in [0, 0.1) is 20.8 Å². The highest BCUT2D eigenvalue weighted by atomic mass is 32.1. The summed E-state index contributed by atoms with van der Waals surface area (Å²) in [5.41, 5.74) is 6.35. The van der Waals surface area contributed by atoms with Crippen molar-refractivity contribution in [2.45, 2.75) is 52.7 Å². The summed E-state index contributed by atoms with van der Waals surface area (Å²) in [7, 11) is 0. The van der Waals surface area contributed by atoms with E-state index in [1.54, 1.807) is 0 Å². The molecule has 2 aromatic carbocycles. The number of hydrogen-bond acceptors (Lipinski definition) is 3. The number of aromatic nitrogens is 1. The second-order valence-electron chi connectivity index (χ2n) is 9.15. The third kappa shape index (κ3) is 6.01. The minimum atomic E-state index is -0.0602. The van der Waals surface area contributed by atoms with Gasteiger partial charge >= 0.3 is 0 Å². The molecule has 6 heteroatoms. The molecule has 2 heterocycles. The Morgan fingerprint density at radius 3 is 2.79 bits per heavy atom. The lowest BCUT2D eigenvalue weighted by Crippen LogP contribution is -2.43. The quantitative estimate of drug-likeness (QED) is 0.504. The maximum atomic E-state index is 12.9. The summed E-state index contributed by atoms with van der Waals surface area (Å²) in [5, 5.41) is 5.13. The van der Waals surface area contributed by atoms with E-state index in [-0.39, 0.29) is 11.7 Å². The standard InChI is InChI=1S/C27H33N3O2S/c1-18-6-4-7-21(13-18)9-10-30(27(33)28-16-23-8-5-11-32-23)17-22-15-24-20(3)12-19(2)14-25(24)29-26(22)31/h4,6-7,12-15,23H,5,8-11,16-17H2,1-3H3,(H,28,33)(H,29,31)/t23-/m0/s1. The van der Waals surface area contributed by atoms with Gasteiger partial charge in [0, 0.05) is 36.2 Å². The first kappa shape index (κ1) is 23.5. The summed E-state index contributed by atoms with van der Waals surface area (Å²) in [5.74, 6) is 0. The second-order valence-corrected chi connectivity index (χ2v) is 9.54. The molecule has 0 bridgehead atoms. The number of hydrogen-bond donors (Lipinski definition) is 2. The van der Waals surface area contributed by atoms with Gasteiger partial charge in [0.2, 0.25) is 0 Å². The molecule has 0 unspecified atom stereocenters. The Hall–Kier alpha value is -2.70. The van der Waals surface area contributed by atoms with Crippen LogP contribution in [0.1, 0.15) is 40.7 Å². The third-order valence-corrected chi connectivity index (χ3v) is 6.70. The molecule has 0 saturated carbocycles. The molecule has 1 aliphatic heterocycles. The lowest BCUT2D eigenvalue weighted by atomic mass is 10.0. The second kappa shape index (κ2) is 10.5. The summed E-state index contributed by atoms with van der Waals surface area (Å²) < 4.78 is 5.74. The number of fused-ring (bicyclic) bond motifs is 1. The van der Waals surface area contributed by atoms with Crippen LogP contribution in [0.2, 0.25) is 0 Å². The Kier molecular flexibility index (Phi) is 7.46. The van der Waals surface area contributed by atoms with Crippen LogP contribution in [-0.2, 0) is 17.7 Å². The normalized spacial score (nSPS) is 15.7. The fourth-order valence-electron chi connectivity index (χ4n) is 4.54. The predicted octanol–water partition coefficient (Wildman–Crippen LogP) is 4.55. The van der Waals surface area contributed by atoms with Gasteiger partial charge in [0.25, 0.3) is 5.56 Å². The van der Waals surface area contributed by atoms with E-state index in [0.29, 0.717) is 18.2 Å². The van der Waals surface area contributed by atoms with Gasteiger partial charge in [-0.1, -0.05) is 35.9 Å². The van der Waals surface area contributed by atoms with Crippen molar-refractivity contribution in [2.75, 3.05) is 19.7 Å². The van der Waals surface area contributed by atoms with Crippen molar-refractivity contribution in [1.29, 1.82) is 0 Å². The summed E-state index contributed by atoms with van der Waals surface area (Å²) in [6.45, 7) is 8.94. The van der Waals surface area contributed by atoms with E-state index < -0.39 is 0 Å². The van der Waals surface area contributed by atoms with Crippen LogP contribution in [0.3, 0.4) is 0 Å². The zero-order chi connectivity index (χ0) is 23.4. The van der Waals surface area contributed by atoms with Crippen LogP contribution in [0.4, 0.5) is 0 Å². The Balaban J connectivity index is 1.55. The lowest BCUT2D eigenvalue weighted by Gasteiger charge is -2.27. The van der Waals surface area contributed by atoms with Crippen molar-refractivity contribution in [3.05, 3.63) is 80.6 Å². The number of rotatable bonds is 7. The number of ether oxygens (including phenoxy) is 1. The number of aryl methyl sites for hydroxylation is 3.